The molecule has 1 amide bonds. The zero-order chi connectivity index (χ0) is 21.5. The second-order valence-corrected chi connectivity index (χ2v) is 8.46. The van der Waals surface area contributed by atoms with Crippen LogP contribution in [0.5, 0.6) is 0 Å². The van der Waals surface area contributed by atoms with Crippen LogP contribution in [0.1, 0.15) is 30.9 Å². The largest absolute Gasteiger partial charge is 0.401 e. The van der Waals surface area contributed by atoms with E-state index in [0.717, 1.165) is 16.1 Å². The summed E-state index contributed by atoms with van der Waals surface area (Å²) in [5.74, 6) is -2.96. The van der Waals surface area contributed by atoms with Crippen molar-refractivity contribution >= 4 is 46.4 Å². The van der Waals surface area contributed by atoms with Gasteiger partial charge in [0.2, 0.25) is 0 Å². The smallest absolute Gasteiger partial charge is 0.272 e. The Morgan fingerprint density at radius 3 is 2.10 bits per heavy atom. The number of carbonyl (C=O) groups is 1. The minimum atomic E-state index is -4.68. The Kier molecular flexibility index (Phi) is 6.39. The van der Waals surface area contributed by atoms with Crippen LogP contribution in [-0.4, -0.2) is 23.6 Å². The summed E-state index contributed by atoms with van der Waals surface area (Å²) in [5.41, 5.74) is 1.87. The van der Waals surface area contributed by atoms with E-state index in [0.29, 0.717) is 5.92 Å². The summed E-state index contributed by atoms with van der Waals surface area (Å²) in [5, 5.41) is 2.46. The molecule has 1 aliphatic heterocycles. The lowest BCUT2D eigenvalue weighted by atomic mass is 10.0. The first-order valence-electron chi connectivity index (χ1n) is 8.88. The maximum absolute atomic E-state index is 13.5. The highest BCUT2D eigenvalue weighted by atomic mass is 35.5. The van der Waals surface area contributed by atoms with Gasteiger partial charge in [-0.05, 0) is 29.2 Å². The standard InChI is InChI=1S/C20H18Cl3F3N2O/c1-11(2)13-5-3-12(4-6-13)9-27-10-15(20(24,25)26)19(29)28(27)18-16(22)7-14(21)8-17(18)23/h3-8,11,15H,9-10H2,1-2H3. The molecule has 0 bridgehead atoms. The van der Waals surface area contributed by atoms with Gasteiger partial charge in [0.05, 0.1) is 15.7 Å². The molecular formula is C20H18Cl3F3N2O. The lowest BCUT2D eigenvalue weighted by molar-refractivity contribution is -0.175. The number of hydrazine groups is 1. The second-order valence-electron chi connectivity index (χ2n) is 7.21. The van der Waals surface area contributed by atoms with Crippen LogP contribution in [0.15, 0.2) is 36.4 Å². The Morgan fingerprint density at radius 1 is 1.07 bits per heavy atom. The Labute approximate surface area is 181 Å². The number of carbonyl (C=O) groups excluding carboxylic acids is 1. The van der Waals surface area contributed by atoms with Gasteiger partial charge in [-0.2, -0.15) is 13.2 Å². The lowest BCUT2D eigenvalue weighted by Crippen LogP contribution is -2.39. The number of hydrogen-bond donors (Lipinski definition) is 0. The van der Waals surface area contributed by atoms with Crippen LogP contribution in [0.3, 0.4) is 0 Å². The number of amides is 1. The summed E-state index contributed by atoms with van der Waals surface area (Å²) >= 11 is 18.3. The molecule has 3 rings (SSSR count). The van der Waals surface area contributed by atoms with E-state index in [1.807, 2.05) is 38.1 Å². The quantitative estimate of drug-likeness (QED) is 0.501. The van der Waals surface area contributed by atoms with E-state index in [1.165, 1.54) is 17.1 Å². The number of hydrogen-bond acceptors (Lipinski definition) is 2. The van der Waals surface area contributed by atoms with Gasteiger partial charge in [0.1, 0.15) is 5.92 Å². The predicted molar refractivity (Wildman–Crippen MR) is 109 cm³/mol. The zero-order valence-corrected chi connectivity index (χ0v) is 17.9. The maximum Gasteiger partial charge on any atom is 0.401 e. The van der Waals surface area contributed by atoms with Crippen molar-refractivity contribution in [2.24, 2.45) is 5.92 Å². The van der Waals surface area contributed by atoms with E-state index in [2.05, 4.69) is 0 Å². The fourth-order valence-electron chi connectivity index (χ4n) is 3.24. The van der Waals surface area contributed by atoms with E-state index in [4.69, 9.17) is 34.8 Å². The average molecular weight is 466 g/mol. The summed E-state index contributed by atoms with van der Waals surface area (Å²) in [6.45, 7) is 3.66. The molecular weight excluding hydrogens is 448 g/mol. The number of halogens is 6. The van der Waals surface area contributed by atoms with Crippen LogP contribution in [0.4, 0.5) is 18.9 Å². The van der Waals surface area contributed by atoms with Crippen molar-refractivity contribution in [1.29, 1.82) is 0 Å². The highest BCUT2D eigenvalue weighted by molar-refractivity contribution is 6.42. The Hall–Kier alpha value is -1.47. The highest BCUT2D eigenvalue weighted by Crippen LogP contribution is 2.43. The van der Waals surface area contributed by atoms with E-state index in [9.17, 15) is 18.0 Å². The number of rotatable bonds is 4. The zero-order valence-electron chi connectivity index (χ0n) is 15.6. The monoisotopic (exact) mass is 464 g/mol. The molecule has 9 heteroatoms. The minimum absolute atomic E-state index is 0.00108. The van der Waals surface area contributed by atoms with Crippen molar-refractivity contribution in [2.45, 2.75) is 32.5 Å². The summed E-state index contributed by atoms with van der Waals surface area (Å²) in [7, 11) is 0. The second kappa shape index (κ2) is 8.34. The summed E-state index contributed by atoms with van der Waals surface area (Å²) in [4.78, 5) is 12.7. The van der Waals surface area contributed by atoms with E-state index >= 15 is 0 Å². The molecule has 0 aliphatic carbocycles. The molecule has 1 heterocycles. The normalized spacial score (nSPS) is 18.2. The highest BCUT2D eigenvalue weighted by Gasteiger charge is 2.54. The number of alkyl halides is 3. The van der Waals surface area contributed by atoms with Crippen molar-refractivity contribution in [3.63, 3.8) is 0 Å². The third kappa shape index (κ3) is 4.66. The van der Waals surface area contributed by atoms with E-state index in [-0.39, 0.29) is 27.3 Å². The number of anilines is 1. The molecule has 2 aromatic carbocycles. The van der Waals surface area contributed by atoms with Crippen molar-refractivity contribution in [1.82, 2.24) is 5.01 Å². The van der Waals surface area contributed by atoms with Crippen molar-refractivity contribution < 1.29 is 18.0 Å². The van der Waals surface area contributed by atoms with Crippen LogP contribution in [-0.2, 0) is 11.3 Å². The number of benzene rings is 2. The fourth-order valence-corrected chi connectivity index (χ4v) is 4.22. The minimum Gasteiger partial charge on any atom is -0.272 e. The van der Waals surface area contributed by atoms with Gasteiger partial charge in [-0.15, -0.1) is 0 Å². The molecule has 0 N–H and O–H groups in total. The molecule has 1 saturated heterocycles. The number of nitrogens with zero attached hydrogens (tertiary/aromatic N) is 2. The van der Waals surface area contributed by atoms with Gasteiger partial charge in [0, 0.05) is 18.1 Å². The van der Waals surface area contributed by atoms with Gasteiger partial charge in [0.15, 0.2) is 0 Å². The first-order valence-corrected chi connectivity index (χ1v) is 10.0. The first-order chi connectivity index (χ1) is 13.5. The molecule has 29 heavy (non-hydrogen) atoms. The van der Waals surface area contributed by atoms with Crippen LogP contribution in [0.25, 0.3) is 0 Å². The van der Waals surface area contributed by atoms with Crippen molar-refractivity contribution in [3.05, 3.63) is 62.6 Å². The topological polar surface area (TPSA) is 23.6 Å². The molecule has 156 valence electrons. The molecule has 0 aromatic heterocycles. The van der Waals surface area contributed by atoms with Gasteiger partial charge in [0.25, 0.3) is 5.91 Å². The van der Waals surface area contributed by atoms with E-state index < -0.39 is 24.5 Å². The molecule has 3 nitrogen and oxygen atoms in total. The first kappa shape index (κ1) is 22.2. The maximum atomic E-state index is 13.5. The van der Waals surface area contributed by atoms with Crippen molar-refractivity contribution in [3.8, 4) is 0 Å². The Bertz CT molecular complexity index is 893. The van der Waals surface area contributed by atoms with Crippen molar-refractivity contribution in [2.75, 3.05) is 11.6 Å². The van der Waals surface area contributed by atoms with Crippen LogP contribution < -0.4 is 5.01 Å². The molecule has 1 fully saturated rings. The summed E-state index contributed by atoms with van der Waals surface area (Å²) in [6.07, 6.45) is -4.68. The molecule has 1 unspecified atom stereocenters. The molecule has 1 aliphatic rings. The Morgan fingerprint density at radius 2 is 1.62 bits per heavy atom. The summed E-state index contributed by atoms with van der Waals surface area (Å²) in [6, 6.07) is 10.2. The predicted octanol–water partition coefficient (Wildman–Crippen LogP) is 6.71. The van der Waals surface area contributed by atoms with Crippen LogP contribution >= 0.6 is 34.8 Å². The van der Waals surface area contributed by atoms with Gasteiger partial charge in [-0.1, -0.05) is 72.9 Å². The van der Waals surface area contributed by atoms with Gasteiger partial charge < -0.3 is 0 Å². The van der Waals surface area contributed by atoms with Crippen LogP contribution in [0, 0.1) is 5.92 Å². The van der Waals surface area contributed by atoms with E-state index in [1.54, 1.807) is 0 Å². The molecule has 0 radical (unpaired) electrons. The van der Waals surface area contributed by atoms with Gasteiger partial charge in [-0.25, -0.2) is 10.0 Å². The molecule has 2 aromatic rings. The molecule has 1 atom stereocenters. The van der Waals surface area contributed by atoms with Gasteiger partial charge >= 0.3 is 6.18 Å². The third-order valence-electron chi connectivity index (χ3n) is 4.78. The average Bonchev–Trinajstić information content (AvgIpc) is 2.91. The Balaban J connectivity index is 1.99. The lowest BCUT2D eigenvalue weighted by Gasteiger charge is -2.29. The summed E-state index contributed by atoms with van der Waals surface area (Å²) < 4.78 is 40.4. The third-order valence-corrected chi connectivity index (χ3v) is 5.58. The SMILES string of the molecule is CC(C)c1ccc(CN2CC(C(F)(F)F)C(=O)N2c2c(Cl)cc(Cl)cc2Cl)cc1. The van der Waals surface area contributed by atoms with Gasteiger partial charge in [-0.3, -0.25) is 4.79 Å². The molecule has 0 spiro atoms. The fraction of sp³-hybridized carbons (Fsp3) is 0.350. The van der Waals surface area contributed by atoms with Crippen LogP contribution in [0.2, 0.25) is 15.1 Å². The molecule has 0 saturated carbocycles.